The van der Waals surface area contributed by atoms with Crippen molar-refractivity contribution < 1.29 is 4.79 Å². The molecule has 0 aliphatic heterocycles. The molecular weight excluding hydrogens is 200 g/mol. The zero-order valence-corrected chi connectivity index (χ0v) is 9.68. The van der Waals surface area contributed by atoms with Gasteiger partial charge in [0, 0.05) is 18.5 Å². The molecular formula is C13H16N2O. The predicted molar refractivity (Wildman–Crippen MR) is 63.1 cm³/mol. The van der Waals surface area contributed by atoms with E-state index in [1.54, 1.807) is 0 Å². The molecule has 0 saturated carbocycles. The first-order valence-electron chi connectivity index (χ1n) is 5.33. The summed E-state index contributed by atoms with van der Waals surface area (Å²) in [7, 11) is 1.86. The topological polar surface area (TPSA) is 44.1 Å². The molecule has 0 saturated heterocycles. The molecule has 0 fully saturated rings. The summed E-state index contributed by atoms with van der Waals surface area (Å²) in [4.78, 5) is 13.9. The van der Waals surface area contributed by atoms with E-state index in [0.29, 0.717) is 13.0 Å². The summed E-state index contributed by atoms with van der Waals surface area (Å²) in [6, 6.07) is 11.1. The van der Waals surface area contributed by atoms with Gasteiger partial charge in [-0.3, -0.25) is 9.69 Å². The van der Waals surface area contributed by atoms with Crippen LogP contribution < -0.4 is 0 Å². The van der Waals surface area contributed by atoms with E-state index < -0.39 is 0 Å². The second-order valence-corrected chi connectivity index (χ2v) is 3.79. The van der Waals surface area contributed by atoms with Gasteiger partial charge in [0.2, 0.25) is 0 Å². The largest absolute Gasteiger partial charge is 0.296 e. The Morgan fingerprint density at radius 3 is 2.62 bits per heavy atom. The zero-order chi connectivity index (χ0) is 12.0. The van der Waals surface area contributed by atoms with Gasteiger partial charge in [-0.05, 0) is 14.0 Å². The van der Waals surface area contributed by atoms with Crippen LogP contribution >= 0.6 is 0 Å². The molecule has 0 bridgehead atoms. The Labute approximate surface area is 96.3 Å². The number of nitriles is 1. The van der Waals surface area contributed by atoms with E-state index in [0.717, 1.165) is 5.56 Å². The maximum atomic E-state index is 12.0. The van der Waals surface area contributed by atoms with Crippen LogP contribution in [0, 0.1) is 11.3 Å². The molecule has 0 aromatic heterocycles. The first kappa shape index (κ1) is 12.4. The summed E-state index contributed by atoms with van der Waals surface area (Å²) in [5, 5.41) is 8.49. The molecule has 3 heteroatoms. The molecule has 0 aliphatic carbocycles. The van der Waals surface area contributed by atoms with Crippen LogP contribution in [0.2, 0.25) is 0 Å². The smallest absolute Gasteiger partial charge is 0.179 e. The average molecular weight is 216 g/mol. The van der Waals surface area contributed by atoms with Crippen molar-refractivity contribution >= 4 is 5.78 Å². The quantitative estimate of drug-likeness (QED) is 0.708. The van der Waals surface area contributed by atoms with E-state index in [-0.39, 0.29) is 11.8 Å². The van der Waals surface area contributed by atoms with E-state index in [9.17, 15) is 4.79 Å². The Balaban J connectivity index is 2.64. The standard InChI is InChI=1S/C13H16N2O/c1-11(15(2)10-6-9-14)13(16)12-7-4-3-5-8-12/h3-5,7-8,11H,6,10H2,1-2H3. The number of rotatable bonds is 5. The molecule has 0 spiro atoms. The molecule has 1 rings (SSSR count). The summed E-state index contributed by atoms with van der Waals surface area (Å²) < 4.78 is 0. The van der Waals surface area contributed by atoms with Gasteiger partial charge in [0.25, 0.3) is 0 Å². The maximum absolute atomic E-state index is 12.0. The maximum Gasteiger partial charge on any atom is 0.179 e. The van der Waals surface area contributed by atoms with Crippen LogP contribution in [-0.2, 0) is 0 Å². The van der Waals surface area contributed by atoms with E-state index in [4.69, 9.17) is 5.26 Å². The highest BCUT2D eigenvalue weighted by atomic mass is 16.1. The van der Waals surface area contributed by atoms with Gasteiger partial charge in [-0.2, -0.15) is 5.26 Å². The number of nitrogens with zero attached hydrogens (tertiary/aromatic N) is 2. The number of hydrogen-bond donors (Lipinski definition) is 0. The number of carbonyl (C=O) groups is 1. The minimum atomic E-state index is -0.184. The summed E-state index contributed by atoms with van der Waals surface area (Å²) >= 11 is 0. The normalized spacial score (nSPS) is 12.1. The predicted octanol–water partition coefficient (Wildman–Crippen LogP) is 2.10. The fraction of sp³-hybridized carbons (Fsp3) is 0.385. The number of hydrogen-bond acceptors (Lipinski definition) is 3. The lowest BCUT2D eigenvalue weighted by Crippen LogP contribution is -2.36. The van der Waals surface area contributed by atoms with Gasteiger partial charge in [-0.25, -0.2) is 0 Å². The van der Waals surface area contributed by atoms with Crippen LogP contribution in [0.25, 0.3) is 0 Å². The third kappa shape index (κ3) is 3.18. The van der Waals surface area contributed by atoms with Crippen molar-refractivity contribution in [3.05, 3.63) is 35.9 Å². The molecule has 16 heavy (non-hydrogen) atoms. The minimum Gasteiger partial charge on any atom is -0.296 e. The highest BCUT2D eigenvalue weighted by Gasteiger charge is 2.18. The lowest BCUT2D eigenvalue weighted by atomic mass is 10.0. The van der Waals surface area contributed by atoms with Crippen molar-refractivity contribution in [3.8, 4) is 6.07 Å². The summed E-state index contributed by atoms with van der Waals surface area (Å²) in [5.41, 5.74) is 0.721. The molecule has 0 amide bonds. The van der Waals surface area contributed by atoms with Crippen LogP contribution in [0.15, 0.2) is 30.3 Å². The number of carbonyl (C=O) groups excluding carboxylic acids is 1. The van der Waals surface area contributed by atoms with Crippen LogP contribution in [-0.4, -0.2) is 30.3 Å². The fourth-order valence-corrected chi connectivity index (χ4v) is 1.46. The lowest BCUT2D eigenvalue weighted by Gasteiger charge is -2.22. The Bertz CT molecular complexity index is 381. The monoisotopic (exact) mass is 216 g/mol. The van der Waals surface area contributed by atoms with Crippen molar-refractivity contribution in [3.63, 3.8) is 0 Å². The summed E-state index contributed by atoms with van der Waals surface area (Å²) in [5.74, 6) is 0.0982. The molecule has 84 valence electrons. The van der Waals surface area contributed by atoms with E-state index in [1.807, 2.05) is 49.2 Å². The summed E-state index contributed by atoms with van der Waals surface area (Å²) in [6.07, 6.45) is 0.447. The number of Topliss-reactive ketones (excluding diaryl/α,β-unsaturated/α-hetero) is 1. The second-order valence-electron chi connectivity index (χ2n) is 3.79. The van der Waals surface area contributed by atoms with Crippen LogP contribution in [0.3, 0.4) is 0 Å². The number of benzene rings is 1. The third-order valence-electron chi connectivity index (χ3n) is 2.68. The van der Waals surface area contributed by atoms with Gasteiger partial charge < -0.3 is 0 Å². The van der Waals surface area contributed by atoms with Crippen LogP contribution in [0.5, 0.6) is 0 Å². The van der Waals surface area contributed by atoms with Crippen molar-refractivity contribution in [2.75, 3.05) is 13.6 Å². The van der Waals surface area contributed by atoms with Crippen molar-refractivity contribution in [1.82, 2.24) is 4.90 Å². The first-order chi connectivity index (χ1) is 7.66. The molecule has 0 radical (unpaired) electrons. The van der Waals surface area contributed by atoms with E-state index in [1.165, 1.54) is 0 Å². The molecule has 0 heterocycles. The molecule has 1 unspecified atom stereocenters. The van der Waals surface area contributed by atoms with Crippen molar-refractivity contribution in [2.24, 2.45) is 0 Å². The fourth-order valence-electron chi connectivity index (χ4n) is 1.46. The Morgan fingerprint density at radius 2 is 2.06 bits per heavy atom. The molecule has 0 N–H and O–H groups in total. The SMILES string of the molecule is CC(C(=O)c1ccccc1)N(C)CCC#N. The van der Waals surface area contributed by atoms with E-state index >= 15 is 0 Å². The van der Waals surface area contributed by atoms with Gasteiger partial charge >= 0.3 is 0 Å². The molecule has 3 nitrogen and oxygen atoms in total. The van der Waals surface area contributed by atoms with Gasteiger partial charge in [0.1, 0.15) is 0 Å². The molecule has 0 aliphatic rings. The average Bonchev–Trinajstić information content (AvgIpc) is 2.35. The Morgan fingerprint density at radius 1 is 1.44 bits per heavy atom. The number of ketones is 1. The van der Waals surface area contributed by atoms with Crippen LogP contribution in [0.4, 0.5) is 0 Å². The zero-order valence-electron chi connectivity index (χ0n) is 9.68. The third-order valence-corrected chi connectivity index (χ3v) is 2.68. The van der Waals surface area contributed by atoms with Crippen molar-refractivity contribution in [2.45, 2.75) is 19.4 Å². The van der Waals surface area contributed by atoms with Gasteiger partial charge in [-0.15, -0.1) is 0 Å². The van der Waals surface area contributed by atoms with Crippen molar-refractivity contribution in [1.29, 1.82) is 5.26 Å². The first-order valence-corrected chi connectivity index (χ1v) is 5.33. The Hall–Kier alpha value is -1.66. The second kappa shape index (κ2) is 6.04. The van der Waals surface area contributed by atoms with Crippen LogP contribution in [0.1, 0.15) is 23.7 Å². The van der Waals surface area contributed by atoms with E-state index in [2.05, 4.69) is 6.07 Å². The van der Waals surface area contributed by atoms with Gasteiger partial charge in [0.15, 0.2) is 5.78 Å². The highest BCUT2D eigenvalue weighted by Crippen LogP contribution is 2.07. The summed E-state index contributed by atoms with van der Waals surface area (Å²) in [6.45, 7) is 2.49. The highest BCUT2D eigenvalue weighted by molar-refractivity contribution is 5.99. The molecule has 1 aromatic carbocycles. The number of likely N-dealkylation sites (N-methyl/N-ethyl adjacent to an activating group) is 1. The van der Waals surface area contributed by atoms with Gasteiger partial charge in [-0.1, -0.05) is 30.3 Å². The van der Waals surface area contributed by atoms with Gasteiger partial charge in [0.05, 0.1) is 12.1 Å². The molecule has 1 atom stereocenters. The molecule has 1 aromatic rings. The lowest BCUT2D eigenvalue weighted by molar-refractivity contribution is 0.0871. The minimum absolute atomic E-state index is 0.0982. The Kier molecular flexibility index (Phi) is 4.68.